The first-order chi connectivity index (χ1) is 12.0. The van der Waals surface area contributed by atoms with Crippen LogP contribution in [0.3, 0.4) is 0 Å². The molecule has 0 fully saturated rings. The van der Waals surface area contributed by atoms with Gasteiger partial charge in [-0.05, 0) is 30.3 Å². The standard InChI is InChI=1S/C16H11ClF2N4OS/c17-10-2-1-3-12(6-10)23-9-20-22-16(23)25-8-15(24)21-14-7-11(18)4-5-13(14)19/h1-7,9H,8H2,(H,21,24). The van der Waals surface area contributed by atoms with Gasteiger partial charge in [0.2, 0.25) is 5.91 Å². The highest BCUT2D eigenvalue weighted by atomic mass is 35.5. The largest absolute Gasteiger partial charge is 0.323 e. The molecule has 0 saturated heterocycles. The Hall–Kier alpha value is -2.45. The average Bonchev–Trinajstić information content (AvgIpc) is 3.05. The fourth-order valence-electron chi connectivity index (χ4n) is 2.04. The number of aromatic nitrogens is 3. The smallest absolute Gasteiger partial charge is 0.234 e. The molecule has 25 heavy (non-hydrogen) atoms. The molecule has 0 unspecified atom stereocenters. The minimum atomic E-state index is -0.707. The van der Waals surface area contributed by atoms with Crippen LogP contribution >= 0.6 is 23.4 Å². The first kappa shape index (κ1) is 17.4. The summed E-state index contributed by atoms with van der Waals surface area (Å²) in [4.78, 5) is 12.0. The zero-order valence-electron chi connectivity index (χ0n) is 12.6. The number of carbonyl (C=O) groups is 1. The second-order valence-corrected chi connectivity index (χ2v) is 6.30. The SMILES string of the molecule is O=C(CSc1nncn1-c1cccc(Cl)c1)Nc1cc(F)ccc1F. The second-order valence-electron chi connectivity index (χ2n) is 4.92. The van der Waals surface area contributed by atoms with Gasteiger partial charge in [0.1, 0.15) is 18.0 Å². The molecular formula is C16H11ClF2N4OS. The lowest BCUT2D eigenvalue weighted by molar-refractivity contribution is -0.113. The zero-order chi connectivity index (χ0) is 17.8. The summed E-state index contributed by atoms with van der Waals surface area (Å²) in [6, 6.07) is 9.93. The summed E-state index contributed by atoms with van der Waals surface area (Å²) in [5.74, 6) is -1.88. The van der Waals surface area contributed by atoms with Crippen molar-refractivity contribution in [2.24, 2.45) is 0 Å². The number of nitrogens with zero attached hydrogens (tertiary/aromatic N) is 3. The lowest BCUT2D eigenvalue weighted by Gasteiger charge is -2.08. The minimum Gasteiger partial charge on any atom is -0.323 e. The third-order valence-corrected chi connectivity index (χ3v) is 4.32. The van der Waals surface area contributed by atoms with E-state index in [2.05, 4.69) is 15.5 Å². The summed E-state index contributed by atoms with van der Waals surface area (Å²) in [7, 11) is 0. The Bertz CT molecular complexity index is 919. The fraction of sp³-hybridized carbons (Fsp3) is 0.0625. The van der Waals surface area contributed by atoms with E-state index in [1.807, 2.05) is 6.07 Å². The van der Waals surface area contributed by atoms with Crippen LogP contribution in [-0.2, 0) is 4.79 Å². The number of nitrogens with one attached hydrogen (secondary N) is 1. The number of thioether (sulfide) groups is 1. The van der Waals surface area contributed by atoms with Crippen LogP contribution in [-0.4, -0.2) is 26.4 Å². The monoisotopic (exact) mass is 380 g/mol. The summed E-state index contributed by atoms with van der Waals surface area (Å²) in [5.41, 5.74) is 0.540. The molecule has 1 amide bonds. The maximum absolute atomic E-state index is 13.5. The van der Waals surface area contributed by atoms with Crippen LogP contribution in [0.15, 0.2) is 53.9 Å². The van der Waals surface area contributed by atoms with Crippen LogP contribution in [0.4, 0.5) is 14.5 Å². The quantitative estimate of drug-likeness (QED) is 0.681. The van der Waals surface area contributed by atoms with Crippen molar-refractivity contribution < 1.29 is 13.6 Å². The molecule has 0 aliphatic rings. The second kappa shape index (κ2) is 7.62. The third-order valence-electron chi connectivity index (χ3n) is 3.14. The van der Waals surface area contributed by atoms with Gasteiger partial charge in [0.05, 0.1) is 17.1 Å². The van der Waals surface area contributed by atoms with Crippen LogP contribution in [0.5, 0.6) is 0 Å². The van der Waals surface area contributed by atoms with Gasteiger partial charge in [-0.3, -0.25) is 9.36 Å². The van der Waals surface area contributed by atoms with Crippen molar-refractivity contribution in [1.82, 2.24) is 14.8 Å². The lowest BCUT2D eigenvalue weighted by atomic mass is 10.3. The van der Waals surface area contributed by atoms with Crippen LogP contribution in [0.2, 0.25) is 5.02 Å². The first-order valence-electron chi connectivity index (χ1n) is 7.06. The molecule has 128 valence electrons. The Balaban J connectivity index is 1.67. The van der Waals surface area contributed by atoms with Gasteiger partial charge in [-0.2, -0.15) is 0 Å². The maximum Gasteiger partial charge on any atom is 0.234 e. The van der Waals surface area contributed by atoms with Gasteiger partial charge >= 0.3 is 0 Å². The number of rotatable bonds is 5. The number of amides is 1. The number of halogens is 3. The van der Waals surface area contributed by atoms with Crippen molar-refractivity contribution in [2.45, 2.75) is 5.16 Å². The predicted octanol–water partition coefficient (Wildman–Crippen LogP) is 3.93. The molecule has 0 radical (unpaired) electrons. The molecule has 0 spiro atoms. The highest BCUT2D eigenvalue weighted by Gasteiger charge is 2.12. The molecular weight excluding hydrogens is 370 g/mol. The molecule has 1 aromatic heterocycles. The lowest BCUT2D eigenvalue weighted by Crippen LogP contribution is -2.15. The van der Waals surface area contributed by atoms with E-state index in [4.69, 9.17) is 11.6 Å². The Morgan fingerprint density at radius 2 is 2.08 bits per heavy atom. The Morgan fingerprint density at radius 1 is 1.24 bits per heavy atom. The van der Waals surface area contributed by atoms with E-state index in [-0.39, 0.29) is 11.4 Å². The maximum atomic E-state index is 13.5. The average molecular weight is 381 g/mol. The summed E-state index contributed by atoms with van der Waals surface area (Å²) < 4.78 is 28.3. The van der Waals surface area contributed by atoms with Crippen LogP contribution in [0.1, 0.15) is 0 Å². The topological polar surface area (TPSA) is 59.8 Å². The minimum absolute atomic E-state index is 0.0464. The van der Waals surface area contributed by atoms with Gasteiger partial charge < -0.3 is 5.32 Å². The number of benzene rings is 2. The van der Waals surface area contributed by atoms with E-state index in [1.54, 1.807) is 22.8 Å². The van der Waals surface area contributed by atoms with Gasteiger partial charge in [0, 0.05) is 11.1 Å². The van der Waals surface area contributed by atoms with E-state index < -0.39 is 17.5 Å². The molecule has 3 aromatic rings. The number of hydrogen-bond donors (Lipinski definition) is 1. The molecule has 0 saturated carbocycles. The third kappa shape index (κ3) is 4.34. The molecule has 5 nitrogen and oxygen atoms in total. The van der Waals surface area contributed by atoms with Crippen molar-refractivity contribution >= 4 is 35.0 Å². The summed E-state index contributed by atoms with van der Waals surface area (Å²) in [6.45, 7) is 0. The number of carbonyl (C=O) groups excluding carboxylic acids is 1. The van der Waals surface area contributed by atoms with E-state index in [0.29, 0.717) is 10.2 Å². The highest BCUT2D eigenvalue weighted by molar-refractivity contribution is 7.99. The molecule has 1 heterocycles. The first-order valence-corrected chi connectivity index (χ1v) is 8.43. The molecule has 0 aliphatic heterocycles. The van der Waals surface area contributed by atoms with Gasteiger partial charge in [-0.15, -0.1) is 10.2 Å². The van der Waals surface area contributed by atoms with Crippen molar-refractivity contribution in [2.75, 3.05) is 11.1 Å². The summed E-state index contributed by atoms with van der Waals surface area (Å²) in [5, 5.41) is 11.1. The summed E-state index contributed by atoms with van der Waals surface area (Å²) >= 11 is 7.08. The van der Waals surface area contributed by atoms with Crippen LogP contribution in [0.25, 0.3) is 5.69 Å². The van der Waals surface area contributed by atoms with Gasteiger partial charge in [-0.1, -0.05) is 29.4 Å². The Labute approximate surface area is 151 Å². The normalized spacial score (nSPS) is 10.7. The zero-order valence-corrected chi connectivity index (χ0v) is 14.2. The highest BCUT2D eigenvalue weighted by Crippen LogP contribution is 2.22. The van der Waals surface area contributed by atoms with E-state index >= 15 is 0 Å². The molecule has 1 N–H and O–H groups in total. The van der Waals surface area contributed by atoms with Gasteiger partial charge in [0.25, 0.3) is 0 Å². The van der Waals surface area contributed by atoms with Crippen molar-refractivity contribution in [3.05, 3.63) is 65.4 Å². The fourth-order valence-corrected chi connectivity index (χ4v) is 2.95. The van der Waals surface area contributed by atoms with Crippen LogP contribution in [0, 0.1) is 11.6 Å². The van der Waals surface area contributed by atoms with E-state index in [0.717, 1.165) is 35.6 Å². The Kier molecular flexibility index (Phi) is 5.30. The van der Waals surface area contributed by atoms with Gasteiger partial charge in [-0.25, -0.2) is 8.78 Å². The molecule has 0 aliphatic carbocycles. The molecule has 3 rings (SSSR count). The van der Waals surface area contributed by atoms with Crippen molar-refractivity contribution in [3.63, 3.8) is 0 Å². The van der Waals surface area contributed by atoms with E-state index in [9.17, 15) is 13.6 Å². The molecule has 0 bridgehead atoms. The summed E-state index contributed by atoms with van der Waals surface area (Å²) in [6.07, 6.45) is 1.50. The van der Waals surface area contributed by atoms with Gasteiger partial charge in [0.15, 0.2) is 5.16 Å². The Morgan fingerprint density at radius 3 is 2.88 bits per heavy atom. The predicted molar refractivity (Wildman–Crippen MR) is 92.1 cm³/mol. The van der Waals surface area contributed by atoms with E-state index in [1.165, 1.54) is 6.33 Å². The molecule has 9 heteroatoms. The van der Waals surface area contributed by atoms with Crippen LogP contribution < -0.4 is 5.32 Å². The van der Waals surface area contributed by atoms with Crippen molar-refractivity contribution in [3.8, 4) is 5.69 Å². The number of hydrogen-bond acceptors (Lipinski definition) is 4. The van der Waals surface area contributed by atoms with Crippen molar-refractivity contribution in [1.29, 1.82) is 0 Å². The molecule has 2 aromatic carbocycles. The number of anilines is 1. The molecule has 0 atom stereocenters.